The Labute approximate surface area is 154 Å². The maximum Gasteiger partial charge on any atom is 0.191 e. The highest BCUT2D eigenvalue weighted by Crippen LogP contribution is 2.27. The van der Waals surface area contributed by atoms with E-state index < -0.39 is 5.60 Å². The van der Waals surface area contributed by atoms with Gasteiger partial charge in [-0.05, 0) is 25.5 Å². The number of fused-ring (bicyclic) bond motifs is 1. The summed E-state index contributed by atoms with van der Waals surface area (Å²) >= 11 is 1.80. The largest absolute Gasteiger partial charge is 0.387 e. The van der Waals surface area contributed by atoms with E-state index in [0.717, 1.165) is 61.5 Å². The van der Waals surface area contributed by atoms with Crippen LogP contribution in [0.4, 0.5) is 0 Å². The third kappa shape index (κ3) is 4.67. The van der Waals surface area contributed by atoms with Gasteiger partial charge in [0.1, 0.15) is 5.82 Å². The van der Waals surface area contributed by atoms with Crippen molar-refractivity contribution < 1.29 is 5.11 Å². The number of aliphatic imine (C=N–C) groups is 1. The van der Waals surface area contributed by atoms with Gasteiger partial charge in [-0.1, -0.05) is 13.8 Å². The summed E-state index contributed by atoms with van der Waals surface area (Å²) in [6.45, 7) is 8.37. The minimum absolute atomic E-state index is 0.277. The lowest BCUT2D eigenvalue weighted by Crippen LogP contribution is -2.48. The van der Waals surface area contributed by atoms with Crippen LogP contribution in [-0.2, 0) is 13.0 Å². The predicted molar refractivity (Wildman–Crippen MR) is 102 cm³/mol. The number of aliphatic hydroxyl groups is 1. The van der Waals surface area contributed by atoms with E-state index in [0.29, 0.717) is 12.5 Å². The van der Waals surface area contributed by atoms with Gasteiger partial charge in [0.15, 0.2) is 11.8 Å². The normalized spacial score (nSPS) is 26.8. The van der Waals surface area contributed by atoms with Gasteiger partial charge < -0.3 is 15.7 Å². The smallest absolute Gasteiger partial charge is 0.191 e. The second-order valence-corrected chi connectivity index (χ2v) is 8.43. The summed E-state index contributed by atoms with van der Waals surface area (Å²) < 4.78 is 2.03. The van der Waals surface area contributed by atoms with Gasteiger partial charge >= 0.3 is 0 Å². The fraction of sp³-hybridized carbons (Fsp3) is 0.824. The molecule has 1 aromatic rings. The zero-order valence-electron chi connectivity index (χ0n) is 15.5. The Hall–Kier alpha value is -1.28. The number of aryl methyl sites for hydroxylation is 1. The molecule has 2 aliphatic heterocycles. The summed E-state index contributed by atoms with van der Waals surface area (Å²) in [5.41, 5.74) is -0.648. The molecule has 0 amide bonds. The number of hydrogen-bond acceptors (Lipinski definition) is 5. The molecule has 0 saturated carbocycles. The molecule has 140 valence electrons. The van der Waals surface area contributed by atoms with Crippen molar-refractivity contribution in [1.29, 1.82) is 0 Å². The Bertz CT molecular complexity index is 608. The molecule has 3 rings (SSSR count). The highest BCUT2D eigenvalue weighted by atomic mass is 32.2. The van der Waals surface area contributed by atoms with Crippen LogP contribution in [-0.4, -0.2) is 62.1 Å². The third-order valence-corrected chi connectivity index (χ3v) is 5.92. The first kappa shape index (κ1) is 18.5. The number of rotatable bonds is 5. The molecule has 0 aromatic carbocycles. The fourth-order valence-electron chi connectivity index (χ4n) is 3.15. The summed E-state index contributed by atoms with van der Waals surface area (Å²) in [6.07, 6.45) is 2.77. The van der Waals surface area contributed by atoms with Crippen LogP contribution in [0.15, 0.2) is 4.99 Å². The first-order valence-corrected chi connectivity index (χ1v) is 10.4. The molecule has 1 fully saturated rings. The van der Waals surface area contributed by atoms with Crippen LogP contribution in [0.2, 0.25) is 0 Å². The predicted octanol–water partition coefficient (Wildman–Crippen LogP) is 1.14. The molecule has 1 saturated heterocycles. The summed E-state index contributed by atoms with van der Waals surface area (Å²) in [6, 6.07) is 0.277. The molecular weight excluding hydrogens is 336 g/mol. The van der Waals surface area contributed by atoms with Gasteiger partial charge in [-0.2, -0.15) is 16.9 Å². The van der Waals surface area contributed by atoms with Crippen LogP contribution in [0.3, 0.4) is 0 Å². The van der Waals surface area contributed by atoms with Crippen molar-refractivity contribution in [1.82, 2.24) is 25.4 Å². The van der Waals surface area contributed by atoms with Crippen molar-refractivity contribution in [2.75, 3.05) is 24.6 Å². The van der Waals surface area contributed by atoms with Gasteiger partial charge in [0.2, 0.25) is 0 Å². The topological polar surface area (TPSA) is 87.4 Å². The zero-order chi connectivity index (χ0) is 17.9. The Kier molecular flexibility index (Phi) is 5.89. The number of hydrogen-bond donors (Lipinski definition) is 3. The minimum atomic E-state index is -0.648. The first-order valence-electron chi connectivity index (χ1n) is 9.27. The van der Waals surface area contributed by atoms with E-state index in [1.165, 1.54) is 0 Å². The van der Waals surface area contributed by atoms with Crippen LogP contribution < -0.4 is 10.6 Å². The SMILES string of the molecule is CCNC(=NCC1(O)CCSC1)NC1CCc2nc(C(C)C)nn2C1. The second kappa shape index (κ2) is 7.95. The number of nitrogens with zero attached hydrogens (tertiary/aromatic N) is 4. The van der Waals surface area contributed by atoms with Crippen LogP contribution >= 0.6 is 11.8 Å². The highest BCUT2D eigenvalue weighted by Gasteiger charge is 2.31. The Morgan fingerprint density at radius 1 is 1.52 bits per heavy atom. The molecule has 0 radical (unpaired) electrons. The average molecular weight is 367 g/mol. The fourth-order valence-corrected chi connectivity index (χ4v) is 4.44. The standard InChI is InChI=1S/C17H30N6OS/c1-4-18-16(19-10-17(24)7-8-25-11-17)20-13-5-6-14-21-15(12(2)3)22-23(14)9-13/h12-13,24H,4-11H2,1-3H3,(H2,18,19,20). The quantitative estimate of drug-likeness (QED) is 0.535. The first-order chi connectivity index (χ1) is 12.0. The minimum Gasteiger partial charge on any atom is -0.387 e. The van der Waals surface area contributed by atoms with Crippen LogP contribution in [0.25, 0.3) is 0 Å². The van der Waals surface area contributed by atoms with Crippen molar-refractivity contribution in [2.45, 2.75) is 64.1 Å². The molecule has 0 bridgehead atoms. The van der Waals surface area contributed by atoms with Gasteiger partial charge in [0.05, 0.1) is 18.7 Å². The summed E-state index contributed by atoms with van der Waals surface area (Å²) in [5.74, 6) is 4.95. The van der Waals surface area contributed by atoms with E-state index in [2.05, 4.69) is 46.5 Å². The molecule has 2 aliphatic rings. The molecular formula is C17H30N6OS. The van der Waals surface area contributed by atoms with Gasteiger partial charge in [0.25, 0.3) is 0 Å². The Morgan fingerprint density at radius 2 is 2.36 bits per heavy atom. The molecule has 2 atom stereocenters. The number of guanidine groups is 1. The van der Waals surface area contributed by atoms with Crippen LogP contribution in [0.5, 0.6) is 0 Å². The van der Waals surface area contributed by atoms with Crippen molar-refractivity contribution in [2.24, 2.45) is 4.99 Å². The maximum atomic E-state index is 10.5. The molecule has 3 heterocycles. The lowest BCUT2D eigenvalue weighted by atomic mass is 10.0. The summed E-state index contributed by atoms with van der Waals surface area (Å²) in [7, 11) is 0. The molecule has 0 aliphatic carbocycles. The van der Waals surface area contributed by atoms with E-state index in [1.807, 2.05) is 4.68 Å². The van der Waals surface area contributed by atoms with Crippen molar-refractivity contribution in [3.8, 4) is 0 Å². The van der Waals surface area contributed by atoms with E-state index in [-0.39, 0.29) is 6.04 Å². The third-order valence-electron chi connectivity index (χ3n) is 4.69. The highest BCUT2D eigenvalue weighted by molar-refractivity contribution is 7.99. The molecule has 25 heavy (non-hydrogen) atoms. The monoisotopic (exact) mass is 366 g/mol. The lowest BCUT2D eigenvalue weighted by Gasteiger charge is -2.26. The van der Waals surface area contributed by atoms with Gasteiger partial charge in [-0.15, -0.1) is 0 Å². The molecule has 8 heteroatoms. The van der Waals surface area contributed by atoms with Crippen molar-refractivity contribution in [3.05, 3.63) is 11.6 Å². The molecule has 0 spiro atoms. The Morgan fingerprint density at radius 3 is 3.04 bits per heavy atom. The van der Waals surface area contributed by atoms with Gasteiger partial charge in [0, 0.05) is 30.7 Å². The van der Waals surface area contributed by atoms with E-state index in [9.17, 15) is 5.11 Å². The average Bonchev–Trinajstić information content (AvgIpc) is 3.19. The van der Waals surface area contributed by atoms with Crippen molar-refractivity contribution in [3.63, 3.8) is 0 Å². The van der Waals surface area contributed by atoms with Gasteiger partial charge in [-0.3, -0.25) is 4.99 Å². The van der Waals surface area contributed by atoms with Gasteiger partial charge in [-0.25, -0.2) is 9.67 Å². The molecule has 1 aromatic heterocycles. The molecule has 7 nitrogen and oxygen atoms in total. The van der Waals surface area contributed by atoms with E-state index in [1.54, 1.807) is 11.8 Å². The summed E-state index contributed by atoms with van der Waals surface area (Å²) in [4.78, 5) is 9.28. The molecule has 3 N–H and O–H groups in total. The van der Waals surface area contributed by atoms with Crippen LogP contribution in [0, 0.1) is 0 Å². The van der Waals surface area contributed by atoms with E-state index >= 15 is 0 Å². The van der Waals surface area contributed by atoms with E-state index in [4.69, 9.17) is 0 Å². The number of thioether (sulfide) groups is 1. The summed E-state index contributed by atoms with van der Waals surface area (Å²) in [5, 5.41) is 21.9. The maximum absolute atomic E-state index is 10.5. The molecule has 2 unspecified atom stereocenters. The zero-order valence-corrected chi connectivity index (χ0v) is 16.3. The van der Waals surface area contributed by atoms with Crippen LogP contribution in [0.1, 0.15) is 51.2 Å². The number of nitrogens with one attached hydrogen (secondary N) is 2. The Balaban J connectivity index is 1.62. The number of aromatic nitrogens is 3. The van der Waals surface area contributed by atoms with Crippen molar-refractivity contribution >= 4 is 17.7 Å². The lowest BCUT2D eigenvalue weighted by molar-refractivity contribution is 0.0778. The second-order valence-electron chi connectivity index (χ2n) is 7.33.